The number of benzene rings is 1. The number of nitrogens with two attached hydrogens (primary N) is 1. The maximum Gasteiger partial charge on any atom is 0.194 e. The molecule has 1 aliphatic rings. The van der Waals surface area contributed by atoms with Crippen molar-refractivity contribution >= 4 is 5.82 Å². The van der Waals surface area contributed by atoms with E-state index in [0.717, 1.165) is 43.8 Å². The minimum atomic E-state index is -1.48. The van der Waals surface area contributed by atoms with E-state index in [9.17, 15) is 13.2 Å². The van der Waals surface area contributed by atoms with Crippen LogP contribution in [0.25, 0.3) is 11.3 Å². The van der Waals surface area contributed by atoms with Crippen molar-refractivity contribution in [3.8, 4) is 11.3 Å². The van der Waals surface area contributed by atoms with Crippen molar-refractivity contribution in [2.75, 3.05) is 5.73 Å². The topological polar surface area (TPSA) is 43.8 Å². The van der Waals surface area contributed by atoms with Gasteiger partial charge in [0.15, 0.2) is 17.5 Å². The number of rotatable bonds is 1. The number of hydrogen-bond acceptors (Lipinski definition) is 2. The van der Waals surface area contributed by atoms with Crippen LogP contribution < -0.4 is 5.73 Å². The Morgan fingerprint density at radius 2 is 1.79 bits per heavy atom. The maximum atomic E-state index is 13.3. The third-order valence-electron chi connectivity index (χ3n) is 3.38. The molecule has 1 aromatic carbocycles. The highest BCUT2D eigenvalue weighted by molar-refractivity contribution is 5.71. The summed E-state index contributed by atoms with van der Waals surface area (Å²) in [6.45, 7) is 0.750. The molecule has 2 N–H and O–H groups in total. The van der Waals surface area contributed by atoms with Crippen molar-refractivity contribution < 1.29 is 13.2 Å². The molecule has 0 fully saturated rings. The highest BCUT2D eigenvalue weighted by Crippen LogP contribution is 2.31. The maximum absolute atomic E-state index is 13.3. The Hall–Kier alpha value is -1.98. The molecular weight excluding hydrogens is 255 g/mol. The molecule has 0 unspecified atom stereocenters. The van der Waals surface area contributed by atoms with E-state index in [0.29, 0.717) is 11.5 Å². The highest BCUT2D eigenvalue weighted by atomic mass is 19.2. The molecule has 0 saturated carbocycles. The van der Waals surface area contributed by atoms with Gasteiger partial charge >= 0.3 is 0 Å². The van der Waals surface area contributed by atoms with Crippen molar-refractivity contribution in [3.63, 3.8) is 0 Å². The van der Waals surface area contributed by atoms with Crippen LogP contribution in [0.5, 0.6) is 0 Å². The standard InChI is InChI=1S/C13H12F3N3/c14-8-5-7(6-9(15)11(8)16)12-13(17)19-4-2-1-3-10(19)18-12/h5-6H,1-4,17H2. The Bertz CT molecular complexity index is 626. The van der Waals surface area contributed by atoms with Crippen molar-refractivity contribution in [3.05, 3.63) is 35.4 Å². The Morgan fingerprint density at radius 1 is 1.11 bits per heavy atom. The lowest BCUT2D eigenvalue weighted by Crippen LogP contribution is -2.12. The van der Waals surface area contributed by atoms with E-state index < -0.39 is 17.5 Å². The van der Waals surface area contributed by atoms with Crippen LogP contribution in [0.15, 0.2) is 12.1 Å². The molecule has 100 valence electrons. The zero-order valence-corrected chi connectivity index (χ0v) is 10.1. The van der Waals surface area contributed by atoms with Gasteiger partial charge in [-0.05, 0) is 25.0 Å². The van der Waals surface area contributed by atoms with Crippen LogP contribution in [0.4, 0.5) is 19.0 Å². The summed E-state index contributed by atoms with van der Waals surface area (Å²) in [7, 11) is 0. The smallest absolute Gasteiger partial charge is 0.194 e. The van der Waals surface area contributed by atoms with Crippen LogP contribution in [-0.2, 0) is 13.0 Å². The number of aromatic nitrogens is 2. The van der Waals surface area contributed by atoms with Crippen LogP contribution in [0.1, 0.15) is 18.7 Å². The minimum absolute atomic E-state index is 0.163. The largest absolute Gasteiger partial charge is 0.383 e. The van der Waals surface area contributed by atoms with Gasteiger partial charge in [0.1, 0.15) is 17.3 Å². The van der Waals surface area contributed by atoms with E-state index in [4.69, 9.17) is 5.73 Å². The zero-order valence-electron chi connectivity index (χ0n) is 10.1. The fraction of sp³-hybridized carbons (Fsp3) is 0.308. The minimum Gasteiger partial charge on any atom is -0.383 e. The van der Waals surface area contributed by atoms with E-state index in [2.05, 4.69) is 4.98 Å². The summed E-state index contributed by atoms with van der Waals surface area (Å²) in [5.41, 5.74) is 6.43. The molecule has 0 spiro atoms. The van der Waals surface area contributed by atoms with Crippen molar-refractivity contribution in [2.24, 2.45) is 0 Å². The van der Waals surface area contributed by atoms with E-state index >= 15 is 0 Å². The summed E-state index contributed by atoms with van der Waals surface area (Å²) in [5, 5.41) is 0. The van der Waals surface area contributed by atoms with Gasteiger partial charge in [-0.15, -0.1) is 0 Å². The summed E-state index contributed by atoms with van der Waals surface area (Å²) in [4.78, 5) is 4.31. The van der Waals surface area contributed by atoms with Crippen molar-refractivity contribution in [1.82, 2.24) is 9.55 Å². The molecule has 19 heavy (non-hydrogen) atoms. The van der Waals surface area contributed by atoms with Gasteiger partial charge in [-0.25, -0.2) is 18.2 Å². The molecule has 2 heterocycles. The first-order valence-corrected chi connectivity index (χ1v) is 6.07. The molecule has 0 bridgehead atoms. The second kappa shape index (κ2) is 4.29. The summed E-state index contributed by atoms with van der Waals surface area (Å²) in [5.74, 6) is -2.77. The fourth-order valence-electron chi connectivity index (χ4n) is 2.41. The summed E-state index contributed by atoms with van der Waals surface area (Å²) < 4.78 is 41.3. The Morgan fingerprint density at radius 3 is 2.42 bits per heavy atom. The lowest BCUT2D eigenvalue weighted by Gasteiger charge is -2.14. The summed E-state index contributed by atoms with van der Waals surface area (Å²) >= 11 is 0. The number of fused-ring (bicyclic) bond motifs is 1. The molecule has 3 rings (SSSR count). The normalized spacial score (nSPS) is 14.5. The number of anilines is 1. The van der Waals surface area contributed by atoms with Gasteiger partial charge < -0.3 is 10.3 Å². The first-order chi connectivity index (χ1) is 9.08. The van der Waals surface area contributed by atoms with E-state index in [1.807, 2.05) is 4.57 Å². The number of hydrogen-bond donors (Lipinski definition) is 1. The van der Waals surface area contributed by atoms with Gasteiger partial charge in [-0.3, -0.25) is 0 Å². The Balaban J connectivity index is 2.15. The fourth-order valence-corrected chi connectivity index (χ4v) is 2.41. The SMILES string of the molecule is Nc1c(-c2cc(F)c(F)c(F)c2)nc2n1CCCC2. The number of aryl methyl sites for hydroxylation is 1. The van der Waals surface area contributed by atoms with E-state index in [1.165, 1.54) is 0 Å². The lowest BCUT2D eigenvalue weighted by molar-refractivity contribution is 0.447. The van der Waals surface area contributed by atoms with Crippen molar-refractivity contribution in [2.45, 2.75) is 25.8 Å². The van der Waals surface area contributed by atoms with Gasteiger partial charge in [0.2, 0.25) is 0 Å². The molecular formula is C13H12F3N3. The summed E-state index contributed by atoms with van der Waals surface area (Å²) in [6, 6.07) is 1.84. The van der Waals surface area contributed by atoms with Gasteiger partial charge in [0.25, 0.3) is 0 Å². The summed E-state index contributed by atoms with van der Waals surface area (Å²) in [6.07, 6.45) is 2.80. The Kier molecular flexibility index (Phi) is 2.73. The average molecular weight is 267 g/mol. The highest BCUT2D eigenvalue weighted by Gasteiger charge is 2.20. The molecule has 0 saturated heterocycles. The number of nitrogen functional groups attached to an aromatic ring is 1. The van der Waals surface area contributed by atoms with E-state index in [-0.39, 0.29) is 5.56 Å². The quantitative estimate of drug-likeness (QED) is 0.807. The third kappa shape index (κ3) is 1.87. The van der Waals surface area contributed by atoms with Crippen LogP contribution in [0.3, 0.4) is 0 Å². The van der Waals surface area contributed by atoms with Gasteiger partial charge in [0, 0.05) is 18.5 Å². The predicted octanol–water partition coefficient (Wildman–Crippen LogP) is 2.89. The first kappa shape index (κ1) is 12.1. The molecule has 0 amide bonds. The molecule has 2 aromatic rings. The Labute approximate surface area is 107 Å². The van der Waals surface area contributed by atoms with Gasteiger partial charge in [-0.1, -0.05) is 0 Å². The first-order valence-electron chi connectivity index (χ1n) is 6.07. The monoisotopic (exact) mass is 267 g/mol. The van der Waals surface area contributed by atoms with E-state index in [1.54, 1.807) is 0 Å². The number of nitrogens with zero attached hydrogens (tertiary/aromatic N) is 2. The number of halogens is 3. The van der Waals surface area contributed by atoms with Crippen molar-refractivity contribution in [1.29, 1.82) is 0 Å². The second-order valence-corrected chi connectivity index (χ2v) is 4.62. The van der Waals surface area contributed by atoms with Crippen LogP contribution in [-0.4, -0.2) is 9.55 Å². The van der Waals surface area contributed by atoms with Crippen LogP contribution >= 0.6 is 0 Å². The molecule has 0 aliphatic carbocycles. The molecule has 1 aromatic heterocycles. The van der Waals surface area contributed by atoms with Crippen LogP contribution in [0.2, 0.25) is 0 Å². The molecule has 0 radical (unpaired) electrons. The lowest BCUT2D eigenvalue weighted by atomic mass is 10.1. The molecule has 3 nitrogen and oxygen atoms in total. The molecule has 6 heteroatoms. The van der Waals surface area contributed by atoms with Gasteiger partial charge in [-0.2, -0.15) is 0 Å². The molecule has 1 aliphatic heterocycles. The zero-order chi connectivity index (χ0) is 13.6. The molecule has 0 atom stereocenters. The second-order valence-electron chi connectivity index (χ2n) is 4.62. The van der Waals surface area contributed by atoms with Crippen LogP contribution in [0, 0.1) is 17.5 Å². The predicted molar refractivity (Wildman–Crippen MR) is 64.9 cm³/mol. The number of imidazole rings is 1. The third-order valence-corrected chi connectivity index (χ3v) is 3.38. The average Bonchev–Trinajstić information content (AvgIpc) is 2.73. The van der Waals surface area contributed by atoms with Gasteiger partial charge in [0.05, 0.1) is 0 Å².